The molecule has 1 aromatic rings. The van der Waals surface area contributed by atoms with Crippen molar-refractivity contribution in [1.29, 1.82) is 0 Å². The Balaban J connectivity index is 1.98. The summed E-state index contributed by atoms with van der Waals surface area (Å²) in [5.41, 5.74) is 1.07. The van der Waals surface area contributed by atoms with E-state index in [9.17, 15) is 13.2 Å². The molecule has 1 saturated heterocycles. The minimum atomic E-state index is -3.64. The van der Waals surface area contributed by atoms with Crippen LogP contribution in [0.3, 0.4) is 0 Å². The molecule has 7 nitrogen and oxygen atoms in total. The topological polar surface area (TPSA) is 84.9 Å². The monoisotopic (exact) mass is 340 g/mol. The molecule has 1 amide bonds. The van der Waals surface area contributed by atoms with Gasteiger partial charge in [-0.1, -0.05) is 0 Å². The van der Waals surface area contributed by atoms with Crippen LogP contribution in [0.5, 0.6) is 5.75 Å². The summed E-state index contributed by atoms with van der Waals surface area (Å²) in [5.74, 6) is 0.131. The van der Waals surface area contributed by atoms with E-state index in [4.69, 9.17) is 9.47 Å². The Kier molecular flexibility index (Phi) is 4.07. The predicted molar refractivity (Wildman–Crippen MR) is 84.1 cm³/mol. The van der Waals surface area contributed by atoms with Gasteiger partial charge in [0.2, 0.25) is 10.0 Å². The third kappa shape index (κ3) is 3.06. The molecule has 2 atom stereocenters. The minimum absolute atomic E-state index is 0.110. The predicted octanol–water partition coefficient (Wildman–Crippen LogP) is 1.12. The van der Waals surface area contributed by atoms with Crippen LogP contribution in [0.4, 0.5) is 5.69 Å². The average molecular weight is 340 g/mol. The summed E-state index contributed by atoms with van der Waals surface area (Å²) in [4.78, 5) is 11.6. The highest BCUT2D eigenvalue weighted by molar-refractivity contribution is 7.89. The highest BCUT2D eigenvalue weighted by Crippen LogP contribution is 2.34. The van der Waals surface area contributed by atoms with Crippen molar-refractivity contribution in [2.45, 2.75) is 37.9 Å². The Morgan fingerprint density at radius 3 is 2.52 bits per heavy atom. The van der Waals surface area contributed by atoms with Crippen molar-refractivity contribution in [3.05, 3.63) is 17.7 Å². The highest BCUT2D eigenvalue weighted by atomic mass is 32.2. The Morgan fingerprint density at radius 1 is 1.22 bits per heavy atom. The first kappa shape index (κ1) is 16.2. The van der Waals surface area contributed by atoms with Crippen LogP contribution in [0.25, 0.3) is 0 Å². The first-order valence-electron chi connectivity index (χ1n) is 7.50. The highest BCUT2D eigenvalue weighted by Gasteiger charge is 2.34. The largest absolute Gasteiger partial charge is 0.482 e. The molecule has 0 bridgehead atoms. The standard InChI is InChI=1S/C15H20N2O5S/c1-9-4-12-13(21-8-15(18)16-12)5-14(9)23(19,20)17-6-10(2)22-11(3)7-17/h4-5,10-11H,6-8H2,1-3H3,(H,16,18). The van der Waals surface area contributed by atoms with Crippen molar-refractivity contribution in [1.82, 2.24) is 4.31 Å². The van der Waals surface area contributed by atoms with E-state index in [0.29, 0.717) is 30.1 Å². The molecule has 0 radical (unpaired) electrons. The fraction of sp³-hybridized carbons (Fsp3) is 0.533. The average Bonchev–Trinajstić information content (AvgIpc) is 2.45. The number of aryl methyl sites for hydroxylation is 1. The van der Waals surface area contributed by atoms with Crippen LogP contribution in [-0.2, 0) is 19.6 Å². The number of morpholine rings is 1. The second kappa shape index (κ2) is 5.77. The van der Waals surface area contributed by atoms with Crippen LogP contribution < -0.4 is 10.1 Å². The van der Waals surface area contributed by atoms with Crippen LogP contribution in [0.15, 0.2) is 17.0 Å². The first-order valence-corrected chi connectivity index (χ1v) is 8.94. The molecule has 0 saturated carbocycles. The molecule has 0 aliphatic carbocycles. The zero-order valence-electron chi connectivity index (χ0n) is 13.3. The molecule has 2 aliphatic rings. The molecule has 1 fully saturated rings. The zero-order chi connectivity index (χ0) is 16.8. The van der Waals surface area contributed by atoms with Crippen LogP contribution in [0, 0.1) is 6.92 Å². The van der Waals surface area contributed by atoms with Gasteiger partial charge in [0, 0.05) is 19.2 Å². The van der Waals surface area contributed by atoms with E-state index < -0.39 is 10.0 Å². The second-order valence-electron chi connectivity index (χ2n) is 6.03. The number of sulfonamides is 1. The van der Waals surface area contributed by atoms with E-state index in [0.717, 1.165) is 0 Å². The number of fused-ring (bicyclic) bond motifs is 1. The lowest BCUT2D eigenvalue weighted by atomic mass is 10.2. The van der Waals surface area contributed by atoms with Crippen molar-refractivity contribution in [2.24, 2.45) is 0 Å². The Labute approximate surface area is 135 Å². The van der Waals surface area contributed by atoms with Crippen LogP contribution >= 0.6 is 0 Å². The van der Waals surface area contributed by atoms with E-state index in [1.165, 1.54) is 10.4 Å². The number of rotatable bonds is 2. The summed E-state index contributed by atoms with van der Waals surface area (Å²) in [6.45, 7) is 5.96. The Morgan fingerprint density at radius 2 is 1.87 bits per heavy atom. The van der Waals surface area contributed by atoms with Crippen molar-refractivity contribution in [3.8, 4) is 5.75 Å². The number of nitrogens with zero attached hydrogens (tertiary/aromatic N) is 1. The van der Waals surface area contributed by atoms with Gasteiger partial charge in [0.1, 0.15) is 5.75 Å². The summed E-state index contributed by atoms with van der Waals surface area (Å²) in [6, 6.07) is 3.12. The van der Waals surface area contributed by atoms with Crippen LogP contribution in [0.1, 0.15) is 19.4 Å². The SMILES string of the molecule is Cc1cc2c(cc1S(=O)(=O)N1CC(C)OC(C)C1)OCC(=O)N2. The molecule has 2 unspecified atom stereocenters. The lowest BCUT2D eigenvalue weighted by Gasteiger charge is -2.34. The molecule has 0 spiro atoms. The maximum atomic E-state index is 13.0. The van der Waals surface area contributed by atoms with E-state index in [1.54, 1.807) is 13.0 Å². The third-order valence-electron chi connectivity index (χ3n) is 3.91. The lowest BCUT2D eigenvalue weighted by molar-refractivity contribution is -0.118. The summed E-state index contributed by atoms with van der Waals surface area (Å²) in [5, 5.41) is 2.68. The summed E-state index contributed by atoms with van der Waals surface area (Å²) >= 11 is 0. The number of nitrogens with one attached hydrogen (secondary N) is 1. The molecule has 2 heterocycles. The van der Waals surface area contributed by atoms with Crippen LogP contribution in [-0.4, -0.2) is 50.5 Å². The summed E-state index contributed by atoms with van der Waals surface area (Å²) in [6.07, 6.45) is -0.302. The van der Waals surface area contributed by atoms with Crippen molar-refractivity contribution in [3.63, 3.8) is 0 Å². The van der Waals surface area contributed by atoms with Gasteiger partial charge in [0.25, 0.3) is 5.91 Å². The summed E-state index contributed by atoms with van der Waals surface area (Å²) in [7, 11) is -3.64. The fourth-order valence-corrected chi connectivity index (χ4v) is 4.77. The first-order chi connectivity index (χ1) is 10.8. The van der Waals surface area contributed by atoms with Crippen LogP contribution in [0.2, 0.25) is 0 Å². The third-order valence-corrected chi connectivity index (χ3v) is 5.89. The zero-order valence-corrected chi connectivity index (χ0v) is 14.1. The molecule has 23 heavy (non-hydrogen) atoms. The van der Waals surface area contributed by atoms with E-state index in [1.807, 2.05) is 13.8 Å². The molecule has 8 heteroatoms. The second-order valence-corrected chi connectivity index (χ2v) is 7.94. The van der Waals surface area contributed by atoms with Gasteiger partial charge >= 0.3 is 0 Å². The van der Waals surface area contributed by atoms with Gasteiger partial charge < -0.3 is 14.8 Å². The van der Waals surface area contributed by atoms with Gasteiger partial charge in [-0.15, -0.1) is 0 Å². The van der Waals surface area contributed by atoms with Gasteiger partial charge in [0.15, 0.2) is 6.61 Å². The molecular formula is C15H20N2O5S. The molecular weight excluding hydrogens is 320 g/mol. The number of benzene rings is 1. The maximum Gasteiger partial charge on any atom is 0.262 e. The Bertz CT molecular complexity index is 736. The van der Waals surface area contributed by atoms with Crippen molar-refractivity contribution >= 4 is 21.6 Å². The van der Waals surface area contributed by atoms with Crippen molar-refractivity contribution in [2.75, 3.05) is 25.0 Å². The number of hydrogen-bond donors (Lipinski definition) is 1. The van der Waals surface area contributed by atoms with Gasteiger partial charge in [-0.25, -0.2) is 8.42 Å². The molecule has 1 N–H and O–H groups in total. The number of hydrogen-bond acceptors (Lipinski definition) is 5. The molecule has 126 valence electrons. The van der Waals surface area contributed by atoms with E-state index in [2.05, 4.69) is 5.32 Å². The maximum absolute atomic E-state index is 13.0. The molecule has 3 rings (SSSR count). The van der Waals surface area contributed by atoms with Gasteiger partial charge in [-0.3, -0.25) is 4.79 Å². The number of amides is 1. The van der Waals surface area contributed by atoms with Gasteiger partial charge in [0.05, 0.1) is 22.8 Å². The van der Waals surface area contributed by atoms with E-state index >= 15 is 0 Å². The minimum Gasteiger partial charge on any atom is -0.482 e. The normalized spacial score (nSPS) is 25.4. The quantitative estimate of drug-likeness (QED) is 0.872. The number of carbonyl (C=O) groups is 1. The van der Waals surface area contributed by atoms with Gasteiger partial charge in [-0.2, -0.15) is 4.31 Å². The van der Waals surface area contributed by atoms with Crippen molar-refractivity contribution < 1.29 is 22.7 Å². The smallest absolute Gasteiger partial charge is 0.262 e. The molecule has 2 aliphatic heterocycles. The molecule has 0 aromatic heterocycles. The Hall–Kier alpha value is -1.64. The number of anilines is 1. The number of carbonyl (C=O) groups excluding carboxylic acids is 1. The fourth-order valence-electron chi connectivity index (χ4n) is 2.96. The van der Waals surface area contributed by atoms with E-state index in [-0.39, 0.29) is 29.6 Å². The lowest BCUT2D eigenvalue weighted by Crippen LogP contribution is -2.48. The summed E-state index contributed by atoms with van der Waals surface area (Å²) < 4.78 is 38.3. The number of ether oxygens (including phenoxy) is 2. The van der Waals surface area contributed by atoms with Gasteiger partial charge in [-0.05, 0) is 32.4 Å². The molecule has 1 aromatic carbocycles.